The minimum absolute atomic E-state index is 0.0535. The average molecular weight is 296 g/mol. The molecule has 0 radical (unpaired) electrons. The van der Waals surface area contributed by atoms with Crippen LogP contribution in [0.4, 0.5) is 5.69 Å². The summed E-state index contributed by atoms with van der Waals surface area (Å²) in [5.41, 5.74) is 1.49. The zero-order valence-electron chi connectivity index (χ0n) is 12.0. The van der Waals surface area contributed by atoms with Crippen molar-refractivity contribution in [3.05, 3.63) is 54.5 Å². The number of rotatable bonds is 2. The molecule has 2 aliphatic heterocycles. The monoisotopic (exact) mass is 296 g/mol. The van der Waals surface area contributed by atoms with Gasteiger partial charge in [0, 0.05) is 31.2 Å². The Balaban J connectivity index is 1.50. The van der Waals surface area contributed by atoms with Gasteiger partial charge in [-0.1, -0.05) is 18.2 Å². The highest BCUT2D eigenvalue weighted by atomic mass is 16.3. The maximum Gasteiger partial charge on any atom is 0.257 e. The van der Waals surface area contributed by atoms with Gasteiger partial charge < -0.3 is 14.2 Å². The Labute approximate surface area is 128 Å². The third-order valence-corrected chi connectivity index (χ3v) is 4.56. The molecule has 2 amide bonds. The maximum absolute atomic E-state index is 12.6. The molecule has 22 heavy (non-hydrogen) atoms. The van der Waals surface area contributed by atoms with E-state index in [1.807, 2.05) is 35.2 Å². The lowest BCUT2D eigenvalue weighted by Gasteiger charge is -2.21. The van der Waals surface area contributed by atoms with Crippen LogP contribution in [0, 0.1) is 11.8 Å². The molecule has 112 valence electrons. The molecule has 0 aliphatic carbocycles. The first-order chi connectivity index (χ1) is 10.7. The second kappa shape index (κ2) is 5.02. The molecule has 2 saturated heterocycles. The van der Waals surface area contributed by atoms with Crippen LogP contribution < -0.4 is 4.90 Å². The van der Waals surface area contributed by atoms with E-state index in [1.54, 1.807) is 11.0 Å². The van der Waals surface area contributed by atoms with E-state index in [0.717, 1.165) is 5.69 Å². The third kappa shape index (κ3) is 2.01. The van der Waals surface area contributed by atoms with E-state index in [1.165, 1.54) is 12.5 Å². The summed E-state index contributed by atoms with van der Waals surface area (Å²) < 4.78 is 4.96. The number of hydrogen-bond acceptors (Lipinski definition) is 3. The number of carbonyl (C=O) groups excluding carboxylic acids is 2. The van der Waals surface area contributed by atoms with Gasteiger partial charge in [0.2, 0.25) is 5.91 Å². The molecule has 1 aromatic carbocycles. The molecule has 3 heterocycles. The molecule has 2 aliphatic rings. The predicted octanol–water partition coefficient (Wildman–Crippen LogP) is 2.01. The van der Waals surface area contributed by atoms with Crippen molar-refractivity contribution in [3.63, 3.8) is 0 Å². The minimum Gasteiger partial charge on any atom is -0.472 e. The summed E-state index contributed by atoms with van der Waals surface area (Å²) in [5.74, 6) is 0.195. The Morgan fingerprint density at radius 2 is 1.91 bits per heavy atom. The van der Waals surface area contributed by atoms with E-state index in [-0.39, 0.29) is 23.7 Å². The van der Waals surface area contributed by atoms with Crippen LogP contribution in [-0.4, -0.2) is 36.3 Å². The van der Waals surface area contributed by atoms with Crippen molar-refractivity contribution in [1.29, 1.82) is 0 Å². The predicted molar refractivity (Wildman–Crippen MR) is 80.4 cm³/mol. The lowest BCUT2D eigenvalue weighted by molar-refractivity contribution is -0.120. The Morgan fingerprint density at radius 3 is 2.59 bits per heavy atom. The van der Waals surface area contributed by atoms with Gasteiger partial charge in [-0.15, -0.1) is 0 Å². The summed E-state index contributed by atoms with van der Waals surface area (Å²) >= 11 is 0. The van der Waals surface area contributed by atoms with Gasteiger partial charge in [0.05, 0.1) is 17.7 Å². The van der Waals surface area contributed by atoms with E-state index in [0.29, 0.717) is 25.2 Å². The van der Waals surface area contributed by atoms with Gasteiger partial charge in [0.15, 0.2) is 0 Å². The zero-order chi connectivity index (χ0) is 15.1. The number of para-hydroxylation sites is 1. The van der Waals surface area contributed by atoms with E-state index in [2.05, 4.69) is 0 Å². The van der Waals surface area contributed by atoms with Crippen LogP contribution in [0.5, 0.6) is 0 Å². The van der Waals surface area contributed by atoms with E-state index in [4.69, 9.17) is 4.42 Å². The molecule has 0 unspecified atom stereocenters. The normalized spacial score (nSPS) is 23.9. The fourth-order valence-corrected chi connectivity index (χ4v) is 3.44. The standard InChI is InChI=1S/C17H16N2O3/c20-16(12-6-7-22-11-12)18-8-13-9-19(17(21)15(13)10-18)14-4-2-1-3-5-14/h1-7,11,13,15H,8-10H2/t13-,15-/m1/s1. The maximum atomic E-state index is 12.6. The summed E-state index contributed by atoms with van der Waals surface area (Å²) in [4.78, 5) is 28.6. The SMILES string of the molecule is O=C(c1ccoc1)N1C[C@@H]2CN(c3ccccc3)C(=O)[C@@H]2C1. The molecule has 0 saturated carbocycles. The molecule has 2 fully saturated rings. The summed E-state index contributed by atoms with van der Waals surface area (Å²) in [6.07, 6.45) is 2.95. The number of fused-ring (bicyclic) bond motifs is 1. The van der Waals surface area contributed by atoms with Gasteiger partial charge in [-0.05, 0) is 18.2 Å². The number of furan rings is 1. The van der Waals surface area contributed by atoms with E-state index >= 15 is 0 Å². The topological polar surface area (TPSA) is 53.8 Å². The molecule has 0 bridgehead atoms. The molecular formula is C17H16N2O3. The van der Waals surface area contributed by atoms with Gasteiger partial charge in [-0.2, -0.15) is 0 Å². The molecule has 2 aromatic rings. The fourth-order valence-electron chi connectivity index (χ4n) is 3.44. The van der Waals surface area contributed by atoms with Crippen molar-refractivity contribution in [2.45, 2.75) is 0 Å². The largest absolute Gasteiger partial charge is 0.472 e. The number of carbonyl (C=O) groups is 2. The highest BCUT2D eigenvalue weighted by Gasteiger charge is 2.47. The molecule has 0 spiro atoms. The average Bonchev–Trinajstić information content (AvgIpc) is 3.25. The first-order valence-corrected chi connectivity index (χ1v) is 7.42. The van der Waals surface area contributed by atoms with E-state index < -0.39 is 0 Å². The summed E-state index contributed by atoms with van der Waals surface area (Å²) in [6.45, 7) is 1.81. The van der Waals surface area contributed by atoms with Crippen LogP contribution in [0.2, 0.25) is 0 Å². The molecule has 5 heteroatoms. The van der Waals surface area contributed by atoms with Crippen LogP contribution in [0.25, 0.3) is 0 Å². The second-order valence-corrected chi connectivity index (χ2v) is 5.87. The fraction of sp³-hybridized carbons (Fsp3) is 0.294. The number of likely N-dealkylation sites (tertiary alicyclic amines) is 1. The highest BCUT2D eigenvalue weighted by Crippen LogP contribution is 2.35. The van der Waals surface area contributed by atoms with Crippen LogP contribution in [0.15, 0.2) is 53.3 Å². The van der Waals surface area contributed by atoms with Gasteiger partial charge in [0.1, 0.15) is 6.26 Å². The number of anilines is 1. The van der Waals surface area contributed by atoms with Crippen LogP contribution >= 0.6 is 0 Å². The lowest BCUT2D eigenvalue weighted by atomic mass is 10.0. The van der Waals surface area contributed by atoms with Crippen molar-refractivity contribution in [3.8, 4) is 0 Å². The summed E-state index contributed by atoms with van der Waals surface area (Å²) in [7, 11) is 0. The lowest BCUT2D eigenvalue weighted by Crippen LogP contribution is -2.35. The number of benzene rings is 1. The summed E-state index contributed by atoms with van der Waals surface area (Å²) in [6, 6.07) is 11.4. The smallest absolute Gasteiger partial charge is 0.257 e. The Bertz CT molecular complexity index is 696. The van der Waals surface area contributed by atoms with Crippen molar-refractivity contribution in [2.24, 2.45) is 11.8 Å². The number of amides is 2. The van der Waals surface area contributed by atoms with Crippen molar-refractivity contribution in [1.82, 2.24) is 4.90 Å². The molecular weight excluding hydrogens is 280 g/mol. The molecule has 0 N–H and O–H groups in total. The highest BCUT2D eigenvalue weighted by molar-refractivity contribution is 6.00. The number of nitrogens with zero attached hydrogens (tertiary/aromatic N) is 2. The molecule has 5 nitrogen and oxygen atoms in total. The Kier molecular flexibility index (Phi) is 2.99. The number of hydrogen-bond donors (Lipinski definition) is 0. The van der Waals surface area contributed by atoms with Crippen molar-refractivity contribution in [2.75, 3.05) is 24.5 Å². The zero-order valence-corrected chi connectivity index (χ0v) is 12.0. The molecule has 1 aromatic heterocycles. The van der Waals surface area contributed by atoms with Crippen LogP contribution in [0.1, 0.15) is 10.4 Å². The van der Waals surface area contributed by atoms with Gasteiger partial charge >= 0.3 is 0 Å². The van der Waals surface area contributed by atoms with Crippen molar-refractivity contribution >= 4 is 17.5 Å². The van der Waals surface area contributed by atoms with Crippen molar-refractivity contribution < 1.29 is 14.0 Å². The Morgan fingerprint density at radius 1 is 1.09 bits per heavy atom. The molecule has 2 atom stereocenters. The van der Waals surface area contributed by atoms with Crippen LogP contribution in [0.3, 0.4) is 0 Å². The van der Waals surface area contributed by atoms with Crippen LogP contribution in [-0.2, 0) is 4.79 Å². The second-order valence-electron chi connectivity index (χ2n) is 5.87. The first kappa shape index (κ1) is 13.1. The van der Waals surface area contributed by atoms with Gasteiger partial charge in [-0.3, -0.25) is 9.59 Å². The quantitative estimate of drug-likeness (QED) is 0.852. The summed E-state index contributed by atoms with van der Waals surface area (Å²) in [5, 5.41) is 0. The first-order valence-electron chi connectivity index (χ1n) is 7.42. The molecule has 4 rings (SSSR count). The third-order valence-electron chi connectivity index (χ3n) is 4.56. The van der Waals surface area contributed by atoms with Gasteiger partial charge in [0.25, 0.3) is 5.91 Å². The Hall–Kier alpha value is -2.56. The minimum atomic E-state index is -0.0870. The van der Waals surface area contributed by atoms with E-state index in [9.17, 15) is 9.59 Å². The van der Waals surface area contributed by atoms with Gasteiger partial charge in [-0.25, -0.2) is 0 Å².